The monoisotopic (exact) mass is 404 g/mol. The lowest BCUT2D eigenvalue weighted by atomic mass is 9.98. The van der Waals surface area contributed by atoms with E-state index in [1.165, 1.54) is 24.3 Å². The van der Waals surface area contributed by atoms with Gasteiger partial charge in [-0.2, -0.15) is 18.3 Å². The highest BCUT2D eigenvalue weighted by molar-refractivity contribution is 7.90. The van der Waals surface area contributed by atoms with E-state index in [0.29, 0.717) is 11.1 Å². The number of hydrogen-bond acceptors (Lipinski definition) is 3. The summed E-state index contributed by atoms with van der Waals surface area (Å²) in [5, 5.41) is 4.11. The van der Waals surface area contributed by atoms with Crippen LogP contribution in [0.1, 0.15) is 5.69 Å². The summed E-state index contributed by atoms with van der Waals surface area (Å²) < 4.78 is 65.6. The number of alkyl halides is 3. The van der Waals surface area contributed by atoms with E-state index in [9.17, 15) is 21.6 Å². The van der Waals surface area contributed by atoms with Crippen molar-refractivity contribution in [3.05, 3.63) is 60.3 Å². The number of aromatic nitrogens is 2. The van der Waals surface area contributed by atoms with Crippen LogP contribution in [0.5, 0.6) is 0 Å². The molecule has 1 heterocycles. The van der Waals surface area contributed by atoms with Crippen molar-refractivity contribution in [2.45, 2.75) is 17.6 Å². The molecule has 8 heteroatoms. The summed E-state index contributed by atoms with van der Waals surface area (Å²) in [5.41, 5.74) is -0.282. The second-order valence-electron chi connectivity index (χ2n) is 6.09. The number of nitrogens with zero attached hydrogens (tertiary/aromatic N) is 2. The van der Waals surface area contributed by atoms with E-state index in [2.05, 4.69) is 11.0 Å². The molecule has 0 radical (unpaired) electrons. The number of sulfone groups is 1. The minimum atomic E-state index is -4.68. The first kappa shape index (κ1) is 19.7. The van der Waals surface area contributed by atoms with Crippen molar-refractivity contribution in [2.24, 2.45) is 0 Å². The molecule has 0 unspecified atom stereocenters. The first-order chi connectivity index (χ1) is 13.1. The minimum absolute atomic E-state index is 0.0663. The Labute approximate surface area is 160 Å². The van der Waals surface area contributed by atoms with Gasteiger partial charge in [0, 0.05) is 17.4 Å². The summed E-state index contributed by atoms with van der Waals surface area (Å²) in [6, 6.07) is 13.6. The van der Waals surface area contributed by atoms with Gasteiger partial charge in [0.25, 0.3) is 0 Å². The Kier molecular flexibility index (Phi) is 5.04. The Morgan fingerprint density at radius 1 is 1.04 bits per heavy atom. The summed E-state index contributed by atoms with van der Waals surface area (Å²) in [6.07, 6.45) is 1.61. The van der Waals surface area contributed by atoms with E-state index in [0.717, 1.165) is 10.9 Å². The second kappa shape index (κ2) is 7.17. The Bertz CT molecular complexity index is 1140. The zero-order valence-corrected chi connectivity index (χ0v) is 15.6. The van der Waals surface area contributed by atoms with E-state index in [-0.39, 0.29) is 22.7 Å². The normalized spacial score (nSPS) is 12.0. The smallest absolute Gasteiger partial charge is 0.247 e. The van der Waals surface area contributed by atoms with Crippen molar-refractivity contribution in [2.75, 3.05) is 6.26 Å². The summed E-state index contributed by atoms with van der Waals surface area (Å²) in [6.45, 7) is -0.351. The summed E-state index contributed by atoms with van der Waals surface area (Å²) in [5.74, 6) is 2.19. The number of benzene rings is 2. The Balaban J connectivity index is 2.31. The van der Waals surface area contributed by atoms with Crippen molar-refractivity contribution in [1.82, 2.24) is 9.78 Å². The first-order valence-electron chi connectivity index (χ1n) is 8.10. The molecule has 0 spiro atoms. The van der Waals surface area contributed by atoms with Crippen LogP contribution in [0.15, 0.2) is 59.5 Å². The highest BCUT2D eigenvalue weighted by Gasteiger charge is 2.40. The molecule has 0 aliphatic rings. The van der Waals surface area contributed by atoms with Gasteiger partial charge in [-0.05, 0) is 17.7 Å². The van der Waals surface area contributed by atoms with Gasteiger partial charge in [0.05, 0.1) is 4.90 Å². The molecule has 144 valence electrons. The summed E-state index contributed by atoms with van der Waals surface area (Å²) >= 11 is 0. The molecular weight excluding hydrogens is 389 g/mol. The van der Waals surface area contributed by atoms with Crippen molar-refractivity contribution in [3.63, 3.8) is 0 Å². The van der Waals surface area contributed by atoms with Crippen LogP contribution in [0.25, 0.3) is 22.4 Å². The number of hydrogen-bond donors (Lipinski definition) is 0. The molecule has 0 saturated carbocycles. The van der Waals surface area contributed by atoms with Crippen molar-refractivity contribution in [3.8, 4) is 34.7 Å². The maximum absolute atomic E-state index is 13.9. The lowest BCUT2D eigenvalue weighted by molar-refractivity contribution is -0.143. The fraction of sp³-hybridized carbons (Fsp3) is 0.150. The van der Waals surface area contributed by atoms with Gasteiger partial charge in [-0.15, -0.1) is 6.42 Å². The van der Waals surface area contributed by atoms with Crippen molar-refractivity contribution < 1.29 is 21.6 Å². The SMILES string of the molecule is C#CCn1nc(-c2ccc(S(C)(=O)=O)cc2)c(-c2ccccc2)c1C(F)(F)F. The van der Waals surface area contributed by atoms with Crippen LogP contribution in [0.2, 0.25) is 0 Å². The molecule has 0 aliphatic heterocycles. The lowest BCUT2D eigenvalue weighted by Crippen LogP contribution is -2.15. The van der Waals surface area contributed by atoms with Crippen LogP contribution in [0.3, 0.4) is 0 Å². The van der Waals surface area contributed by atoms with Gasteiger partial charge in [-0.1, -0.05) is 48.4 Å². The Morgan fingerprint density at radius 3 is 2.14 bits per heavy atom. The van der Waals surface area contributed by atoms with Gasteiger partial charge in [0.15, 0.2) is 15.5 Å². The van der Waals surface area contributed by atoms with Crippen LogP contribution in [0.4, 0.5) is 13.2 Å². The highest BCUT2D eigenvalue weighted by atomic mass is 32.2. The van der Waals surface area contributed by atoms with Crippen LogP contribution in [-0.4, -0.2) is 24.5 Å². The molecule has 0 fully saturated rings. The second-order valence-corrected chi connectivity index (χ2v) is 8.11. The summed E-state index contributed by atoms with van der Waals surface area (Å²) in [4.78, 5) is 0.0663. The standard InChI is InChI=1S/C20H15F3N2O2S/c1-3-13-25-19(20(21,22)23)17(14-7-5-4-6-8-14)18(24-25)15-9-11-16(12-10-15)28(2,26)27/h1,4-12H,13H2,2H3. The quantitative estimate of drug-likeness (QED) is 0.610. The van der Waals surface area contributed by atoms with Crippen LogP contribution in [0, 0.1) is 12.3 Å². The molecule has 0 N–H and O–H groups in total. The zero-order chi connectivity index (χ0) is 20.5. The molecule has 0 saturated heterocycles. The number of halogens is 3. The van der Waals surface area contributed by atoms with Gasteiger partial charge in [-0.25, -0.2) is 13.1 Å². The molecular formula is C20H15F3N2O2S. The van der Waals surface area contributed by atoms with Gasteiger partial charge in [0.2, 0.25) is 0 Å². The third-order valence-corrected chi connectivity index (χ3v) is 5.21. The average Bonchev–Trinajstić information content (AvgIpc) is 3.02. The molecule has 3 aromatic rings. The molecule has 4 nitrogen and oxygen atoms in total. The molecule has 28 heavy (non-hydrogen) atoms. The van der Waals surface area contributed by atoms with E-state index >= 15 is 0 Å². The van der Waals surface area contributed by atoms with Crippen LogP contribution >= 0.6 is 0 Å². The van der Waals surface area contributed by atoms with E-state index < -0.39 is 21.7 Å². The van der Waals surface area contributed by atoms with Gasteiger partial charge in [0.1, 0.15) is 12.2 Å². The van der Waals surface area contributed by atoms with Crippen LogP contribution in [-0.2, 0) is 22.6 Å². The molecule has 0 aliphatic carbocycles. The topological polar surface area (TPSA) is 52.0 Å². The van der Waals surface area contributed by atoms with Crippen LogP contribution < -0.4 is 0 Å². The fourth-order valence-electron chi connectivity index (χ4n) is 2.89. The number of rotatable bonds is 4. The lowest BCUT2D eigenvalue weighted by Gasteiger charge is -2.12. The molecule has 0 atom stereocenters. The van der Waals surface area contributed by atoms with E-state index in [1.807, 2.05) is 0 Å². The van der Waals surface area contributed by atoms with Gasteiger partial charge < -0.3 is 0 Å². The molecule has 1 aromatic heterocycles. The van der Waals surface area contributed by atoms with Gasteiger partial charge >= 0.3 is 6.18 Å². The average molecular weight is 404 g/mol. The fourth-order valence-corrected chi connectivity index (χ4v) is 3.52. The maximum Gasteiger partial charge on any atom is 0.433 e. The molecule has 2 aromatic carbocycles. The third kappa shape index (κ3) is 3.80. The minimum Gasteiger partial charge on any atom is -0.247 e. The van der Waals surface area contributed by atoms with Crippen molar-refractivity contribution >= 4 is 9.84 Å². The predicted molar refractivity (Wildman–Crippen MR) is 100 cm³/mol. The zero-order valence-electron chi connectivity index (χ0n) is 14.7. The predicted octanol–water partition coefficient (Wildman–Crippen LogP) is 4.27. The maximum atomic E-state index is 13.9. The van der Waals surface area contributed by atoms with Crippen molar-refractivity contribution in [1.29, 1.82) is 0 Å². The van der Waals surface area contributed by atoms with E-state index in [1.54, 1.807) is 30.3 Å². The molecule has 3 rings (SSSR count). The largest absolute Gasteiger partial charge is 0.433 e. The summed E-state index contributed by atoms with van der Waals surface area (Å²) in [7, 11) is -3.43. The third-order valence-electron chi connectivity index (χ3n) is 4.08. The Hall–Kier alpha value is -3.05. The molecule has 0 bridgehead atoms. The molecule has 0 amide bonds. The highest BCUT2D eigenvalue weighted by Crippen LogP contribution is 2.42. The Morgan fingerprint density at radius 2 is 1.64 bits per heavy atom. The first-order valence-corrected chi connectivity index (χ1v) is 9.99. The van der Waals surface area contributed by atoms with Gasteiger partial charge in [-0.3, -0.25) is 0 Å². The van der Waals surface area contributed by atoms with E-state index in [4.69, 9.17) is 6.42 Å². The number of terminal acetylenes is 1.